The van der Waals surface area contributed by atoms with Gasteiger partial charge >= 0.3 is 6.14 Å². The molecule has 2 aromatic heterocycles. The van der Waals surface area contributed by atoms with Crippen molar-refractivity contribution in [1.82, 2.24) is 10.1 Å². The van der Waals surface area contributed by atoms with Crippen molar-refractivity contribution in [3.8, 4) is 11.8 Å². The smallest absolute Gasteiger partial charge is 0.405 e. The Labute approximate surface area is 203 Å². The molecule has 10 heteroatoms. The highest BCUT2D eigenvalue weighted by atomic mass is 32.1. The molecule has 5 rings (SSSR count). The summed E-state index contributed by atoms with van der Waals surface area (Å²) in [6, 6.07) is 15.5. The summed E-state index contributed by atoms with van der Waals surface area (Å²) in [6.45, 7) is -0.0355. The molecule has 7 nitrogen and oxygen atoms in total. The van der Waals surface area contributed by atoms with Gasteiger partial charge in [0, 0.05) is 4.88 Å². The number of ether oxygens (including phenoxy) is 1. The maximum absolute atomic E-state index is 14.0. The monoisotopic (exact) mass is 492 g/mol. The lowest BCUT2D eigenvalue weighted by Crippen LogP contribution is -2.14. The summed E-state index contributed by atoms with van der Waals surface area (Å²) < 4.78 is 37.2. The summed E-state index contributed by atoms with van der Waals surface area (Å²) >= 11 is 1.34. The van der Waals surface area contributed by atoms with Gasteiger partial charge in [-0.25, -0.2) is 4.39 Å². The number of amides is 1. The number of nitrogens with zero attached hydrogens (tertiary/aromatic N) is 3. The molecule has 0 saturated carbocycles. The largest absolute Gasteiger partial charge is 0.485 e. The van der Waals surface area contributed by atoms with Crippen LogP contribution in [0.15, 0.2) is 53.1 Å². The Morgan fingerprint density at radius 1 is 1.23 bits per heavy atom. The summed E-state index contributed by atoms with van der Waals surface area (Å²) in [6.07, 6.45) is 1.07. The summed E-state index contributed by atoms with van der Waals surface area (Å²) in [4.78, 5) is 17.1. The number of hydrogen-bond acceptors (Lipinski definition) is 7. The highest BCUT2D eigenvalue weighted by Crippen LogP contribution is 2.44. The molecule has 2 aromatic carbocycles. The van der Waals surface area contributed by atoms with E-state index in [4.69, 9.17) is 4.74 Å². The Hall–Kier alpha value is -4.10. The SMILES string of the molecule is N#Cc1c(NC(=O)c2ccccc2F)sc2c1CCC(c1ccccc1OCc1noc(F)n1)C2. The number of fused-ring (bicyclic) bond motifs is 1. The van der Waals surface area contributed by atoms with Crippen LogP contribution >= 0.6 is 11.3 Å². The van der Waals surface area contributed by atoms with Crippen LogP contribution in [0.2, 0.25) is 0 Å². The van der Waals surface area contributed by atoms with Crippen molar-refractivity contribution in [2.24, 2.45) is 0 Å². The number of anilines is 1. The molecule has 4 aromatic rings. The molecule has 1 unspecified atom stereocenters. The Kier molecular flexibility index (Phi) is 6.25. The van der Waals surface area contributed by atoms with Crippen molar-refractivity contribution in [2.45, 2.75) is 31.8 Å². The van der Waals surface area contributed by atoms with Crippen LogP contribution in [0, 0.1) is 23.3 Å². The number of aromatic nitrogens is 2. The van der Waals surface area contributed by atoms with E-state index in [0.29, 0.717) is 29.2 Å². The van der Waals surface area contributed by atoms with Crippen molar-refractivity contribution in [3.05, 3.63) is 93.4 Å². The number of thiophene rings is 1. The molecule has 176 valence electrons. The van der Waals surface area contributed by atoms with E-state index in [1.54, 1.807) is 6.07 Å². The summed E-state index contributed by atoms with van der Waals surface area (Å²) in [5.74, 6) is -0.357. The van der Waals surface area contributed by atoms with Gasteiger partial charge in [0.25, 0.3) is 5.91 Å². The van der Waals surface area contributed by atoms with Crippen molar-refractivity contribution < 1.29 is 22.8 Å². The first-order valence-corrected chi connectivity index (χ1v) is 11.7. The second-order valence-electron chi connectivity index (χ2n) is 7.98. The number of benzene rings is 2. The average Bonchev–Trinajstić information content (AvgIpc) is 3.44. The van der Waals surface area contributed by atoms with E-state index < -0.39 is 17.9 Å². The molecule has 0 fully saturated rings. The van der Waals surface area contributed by atoms with E-state index in [9.17, 15) is 18.8 Å². The number of nitriles is 1. The summed E-state index contributed by atoms with van der Waals surface area (Å²) in [5.41, 5.74) is 2.24. The van der Waals surface area contributed by atoms with Crippen LogP contribution in [0.5, 0.6) is 5.75 Å². The molecule has 0 bridgehead atoms. The zero-order valence-corrected chi connectivity index (χ0v) is 19.1. The first kappa shape index (κ1) is 22.7. The Morgan fingerprint density at radius 2 is 2.03 bits per heavy atom. The fourth-order valence-corrected chi connectivity index (χ4v) is 5.53. The van der Waals surface area contributed by atoms with Gasteiger partial charge in [-0.2, -0.15) is 10.2 Å². The number of rotatable bonds is 6. The lowest BCUT2D eigenvalue weighted by Gasteiger charge is -2.24. The molecule has 0 aliphatic heterocycles. The van der Waals surface area contributed by atoms with Crippen molar-refractivity contribution in [2.75, 3.05) is 5.32 Å². The maximum Gasteiger partial charge on any atom is 0.405 e. The molecule has 1 N–H and O–H groups in total. The number of hydrogen-bond donors (Lipinski definition) is 1. The van der Waals surface area contributed by atoms with E-state index in [-0.39, 0.29) is 23.9 Å². The number of nitrogens with one attached hydrogen (secondary N) is 1. The molecule has 1 amide bonds. The van der Waals surface area contributed by atoms with Crippen LogP contribution in [0.4, 0.5) is 13.8 Å². The Balaban J connectivity index is 1.36. The van der Waals surface area contributed by atoms with Crippen LogP contribution < -0.4 is 10.1 Å². The van der Waals surface area contributed by atoms with Crippen LogP contribution in [0.3, 0.4) is 0 Å². The van der Waals surface area contributed by atoms with Gasteiger partial charge in [0.1, 0.15) is 22.6 Å². The quantitative estimate of drug-likeness (QED) is 0.388. The van der Waals surface area contributed by atoms with E-state index in [1.807, 2.05) is 24.3 Å². The zero-order chi connectivity index (χ0) is 24.4. The highest BCUT2D eigenvalue weighted by molar-refractivity contribution is 7.16. The Morgan fingerprint density at radius 3 is 2.80 bits per heavy atom. The predicted molar refractivity (Wildman–Crippen MR) is 123 cm³/mol. The number of carbonyl (C=O) groups is 1. The second-order valence-corrected chi connectivity index (χ2v) is 9.09. The fourth-order valence-electron chi connectivity index (χ4n) is 4.26. The van der Waals surface area contributed by atoms with Gasteiger partial charge < -0.3 is 14.6 Å². The van der Waals surface area contributed by atoms with Crippen molar-refractivity contribution in [3.63, 3.8) is 0 Å². The minimum absolute atomic E-state index is 0.0355. The summed E-state index contributed by atoms with van der Waals surface area (Å²) in [7, 11) is 0. The van der Waals surface area contributed by atoms with Crippen molar-refractivity contribution >= 4 is 22.2 Å². The topological polar surface area (TPSA) is 101 Å². The van der Waals surface area contributed by atoms with Gasteiger partial charge in [-0.3, -0.25) is 4.79 Å². The lowest BCUT2D eigenvalue weighted by atomic mass is 9.82. The predicted octanol–water partition coefficient (Wildman–Crippen LogP) is 5.38. The lowest BCUT2D eigenvalue weighted by molar-refractivity contribution is 0.102. The van der Waals surface area contributed by atoms with Crippen LogP contribution in [0.25, 0.3) is 0 Å². The number of halogens is 2. The summed E-state index contributed by atoms with van der Waals surface area (Å²) in [5, 5.41) is 16.4. The van der Waals surface area contributed by atoms with E-state index in [1.165, 1.54) is 29.5 Å². The zero-order valence-electron chi connectivity index (χ0n) is 18.3. The van der Waals surface area contributed by atoms with Gasteiger partial charge in [-0.1, -0.05) is 35.5 Å². The van der Waals surface area contributed by atoms with Gasteiger partial charge in [0.2, 0.25) is 5.82 Å². The van der Waals surface area contributed by atoms with Gasteiger partial charge in [-0.05, 0) is 54.5 Å². The normalized spacial score (nSPS) is 14.7. The second kappa shape index (κ2) is 9.64. The first-order valence-electron chi connectivity index (χ1n) is 10.8. The molecular formula is C25H18F2N4O3S. The minimum atomic E-state index is -1.01. The molecule has 2 heterocycles. The van der Waals surface area contributed by atoms with E-state index in [2.05, 4.69) is 26.0 Å². The van der Waals surface area contributed by atoms with Gasteiger partial charge in [0.15, 0.2) is 6.61 Å². The fraction of sp³-hybridized carbons (Fsp3) is 0.200. The standard InChI is InChI=1S/C25H18F2N4O3S/c26-19-7-3-1-6-17(19)23(32)30-24-18(12-28)16-10-9-14(11-21(16)35-24)15-5-2-4-8-20(15)33-13-22-29-25(27)34-31-22/h1-8,14H,9-11,13H2,(H,30,32). The molecule has 0 saturated heterocycles. The molecular weight excluding hydrogens is 474 g/mol. The van der Waals surface area contributed by atoms with Crippen molar-refractivity contribution in [1.29, 1.82) is 5.26 Å². The maximum atomic E-state index is 14.0. The number of para-hydroxylation sites is 1. The molecule has 0 radical (unpaired) electrons. The average molecular weight is 493 g/mol. The molecule has 1 atom stereocenters. The highest BCUT2D eigenvalue weighted by Gasteiger charge is 2.29. The van der Waals surface area contributed by atoms with E-state index in [0.717, 1.165) is 22.4 Å². The Bertz CT molecular complexity index is 1440. The number of carbonyl (C=O) groups excluding carboxylic acids is 1. The van der Waals surface area contributed by atoms with Gasteiger partial charge in [-0.15, -0.1) is 15.7 Å². The third kappa shape index (κ3) is 4.63. The first-order chi connectivity index (χ1) is 17.0. The minimum Gasteiger partial charge on any atom is -0.485 e. The van der Waals surface area contributed by atoms with Crippen LogP contribution in [-0.4, -0.2) is 16.0 Å². The van der Waals surface area contributed by atoms with Gasteiger partial charge in [0.05, 0.1) is 11.1 Å². The van der Waals surface area contributed by atoms with E-state index >= 15 is 0 Å². The third-order valence-corrected chi connectivity index (χ3v) is 7.05. The third-order valence-electron chi connectivity index (χ3n) is 5.88. The molecule has 0 spiro atoms. The molecule has 1 aliphatic carbocycles. The van der Waals surface area contributed by atoms with Crippen LogP contribution in [0.1, 0.15) is 50.1 Å². The molecule has 35 heavy (non-hydrogen) atoms. The van der Waals surface area contributed by atoms with Crippen LogP contribution in [-0.2, 0) is 19.4 Å². The molecule has 1 aliphatic rings.